The van der Waals surface area contributed by atoms with Crippen LogP contribution in [0.25, 0.3) is 0 Å². The summed E-state index contributed by atoms with van der Waals surface area (Å²) in [5.41, 5.74) is 1.31. The van der Waals surface area contributed by atoms with E-state index in [4.69, 9.17) is 4.74 Å². The van der Waals surface area contributed by atoms with Crippen molar-refractivity contribution in [2.45, 2.75) is 64.1 Å². The van der Waals surface area contributed by atoms with Gasteiger partial charge in [-0.25, -0.2) is 0 Å². The van der Waals surface area contributed by atoms with Crippen LogP contribution in [0.2, 0.25) is 0 Å². The molecule has 1 saturated heterocycles. The first-order valence-corrected chi connectivity index (χ1v) is 9.85. The lowest BCUT2D eigenvalue weighted by Crippen LogP contribution is -2.39. The van der Waals surface area contributed by atoms with Crippen LogP contribution in [0.3, 0.4) is 0 Å². The number of hydrogen-bond acceptors (Lipinski definition) is 3. The van der Waals surface area contributed by atoms with E-state index in [1.165, 1.54) is 32.1 Å². The normalized spacial score (nSPS) is 20.2. The van der Waals surface area contributed by atoms with Gasteiger partial charge in [-0.3, -0.25) is 4.79 Å². The maximum Gasteiger partial charge on any atom is 0.253 e. The quantitative estimate of drug-likeness (QED) is 0.799. The van der Waals surface area contributed by atoms with Crippen LogP contribution in [0, 0.1) is 5.92 Å². The zero-order valence-corrected chi connectivity index (χ0v) is 15.7. The monoisotopic (exact) mass is 398 g/mol. The van der Waals surface area contributed by atoms with Crippen molar-refractivity contribution in [2.24, 2.45) is 5.92 Å². The van der Waals surface area contributed by atoms with Gasteiger partial charge in [-0.15, -0.1) is 0 Å². The summed E-state index contributed by atoms with van der Waals surface area (Å²) in [6.07, 6.45) is 8.08. The molecule has 0 bridgehead atoms. The van der Waals surface area contributed by atoms with Crippen LogP contribution in [0.4, 0.5) is 0 Å². The number of hydrogen-bond donors (Lipinski definition) is 2. The van der Waals surface area contributed by atoms with Gasteiger partial charge in [-0.05, 0) is 53.6 Å². The Hall–Kier alpha value is -0.850. The van der Waals surface area contributed by atoms with Crippen LogP contribution in [-0.2, 0) is 17.9 Å². The zero-order chi connectivity index (χ0) is 16.9. The summed E-state index contributed by atoms with van der Waals surface area (Å²) in [6.45, 7) is 2.16. The minimum Gasteiger partial charge on any atom is -0.390 e. The fourth-order valence-corrected chi connectivity index (χ4v) is 4.44. The highest BCUT2D eigenvalue weighted by atomic mass is 79.9. The van der Waals surface area contributed by atoms with E-state index in [9.17, 15) is 9.90 Å². The van der Waals surface area contributed by atoms with Gasteiger partial charge in [0.2, 0.25) is 0 Å². The molecular formula is C18H27BrN2O3. The highest BCUT2D eigenvalue weighted by molar-refractivity contribution is 9.10. The molecule has 1 aromatic rings. The fourth-order valence-electron chi connectivity index (χ4n) is 3.85. The van der Waals surface area contributed by atoms with Crippen molar-refractivity contribution in [1.82, 2.24) is 9.88 Å². The Morgan fingerprint density at radius 1 is 1.25 bits per heavy atom. The van der Waals surface area contributed by atoms with Crippen molar-refractivity contribution >= 4 is 21.8 Å². The van der Waals surface area contributed by atoms with E-state index in [1.807, 2.05) is 6.07 Å². The van der Waals surface area contributed by atoms with Crippen LogP contribution in [0.5, 0.6) is 0 Å². The lowest BCUT2D eigenvalue weighted by molar-refractivity contribution is 0.0695. The van der Waals surface area contributed by atoms with Crippen LogP contribution < -0.4 is 5.32 Å². The average molecular weight is 399 g/mol. The minimum absolute atomic E-state index is 0.0888. The van der Waals surface area contributed by atoms with Gasteiger partial charge in [-0.2, -0.15) is 0 Å². The van der Waals surface area contributed by atoms with Crippen LogP contribution in [-0.4, -0.2) is 34.8 Å². The first-order valence-electron chi connectivity index (χ1n) is 9.06. The third kappa shape index (κ3) is 4.21. The highest BCUT2D eigenvalue weighted by Crippen LogP contribution is 2.29. The molecule has 6 heteroatoms. The van der Waals surface area contributed by atoms with Gasteiger partial charge in [0.15, 0.2) is 0 Å². The molecule has 2 N–H and O–H groups in total. The number of carbonyl (C=O) groups is 1. The molecule has 134 valence electrons. The zero-order valence-electron chi connectivity index (χ0n) is 14.1. The summed E-state index contributed by atoms with van der Waals surface area (Å²) in [5.74, 6) is 0.549. The summed E-state index contributed by atoms with van der Waals surface area (Å²) in [6, 6.07) is 2.02. The van der Waals surface area contributed by atoms with E-state index in [-0.39, 0.29) is 18.6 Å². The van der Waals surface area contributed by atoms with E-state index in [1.54, 1.807) is 0 Å². The smallest absolute Gasteiger partial charge is 0.253 e. The Balaban J connectivity index is 1.72. The highest BCUT2D eigenvalue weighted by Gasteiger charge is 2.24. The number of aliphatic hydroxyl groups excluding tert-OH is 1. The molecule has 0 unspecified atom stereocenters. The Labute approximate surface area is 151 Å². The molecule has 1 aliphatic heterocycles. The fraction of sp³-hybridized carbons (Fsp3) is 0.722. The van der Waals surface area contributed by atoms with Crippen molar-refractivity contribution in [1.29, 1.82) is 0 Å². The average Bonchev–Trinajstić information content (AvgIpc) is 2.93. The molecule has 0 spiro atoms. The molecule has 1 amide bonds. The largest absolute Gasteiger partial charge is 0.390 e. The molecular weight excluding hydrogens is 372 g/mol. The number of amides is 1. The van der Waals surface area contributed by atoms with Gasteiger partial charge in [-0.1, -0.05) is 19.3 Å². The van der Waals surface area contributed by atoms with Crippen molar-refractivity contribution < 1.29 is 14.6 Å². The molecule has 2 heterocycles. The lowest BCUT2D eigenvalue weighted by atomic mass is 9.89. The lowest BCUT2D eigenvalue weighted by Gasteiger charge is -2.24. The number of nitrogens with one attached hydrogen (secondary N) is 1. The van der Waals surface area contributed by atoms with Crippen LogP contribution in [0.15, 0.2) is 10.7 Å². The van der Waals surface area contributed by atoms with Gasteiger partial charge in [0, 0.05) is 25.8 Å². The Morgan fingerprint density at radius 3 is 2.62 bits per heavy atom. The van der Waals surface area contributed by atoms with Gasteiger partial charge in [0.25, 0.3) is 5.91 Å². The van der Waals surface area contributed by atoms with Gasteiger partial charge in [0.05, 0.1) is 22.5 Å². The third-order valence-corrected chi connectivity index (χ3v) is 5.93. The molecule has 0 aromatic carbocycles. The molecule has 24 heavy (non-hydrogen) atoms. The standard InChI is InChI=1S/C18H27BrN2O3/c19-17-10-15(18(23)20-14-6-8-24-9-7-14)16(12-22)21(17)11-13-4-2-1-3-5-13/h10,13-14,22H,1-9,11-12H2,(H,20,23). The summed E-state index contributed by atoms with van der Waals surface area (Å²) in [7, 11) is 0. The number of aliphatic hydroxyl groups is 1. The van der Waals surface area contributed by atoms with Crippen LogP contribution >= 0.6 is 15.9 Å². The molecule has 2 aliphatic rings. The van der Waals surface area contributed by atoms with Crippen molar-refractivity contribution in [3.05, 3.63) is 21.9 Å². The van der Waals surface area contributed by atoms with Crippen molar-refractivity contribution in [3.63, 3.8) is 0 Å². The number of carbonyl (C=O) groups excluding carboxylic acids is 1. The third-order valence-electron chi connectivity index (χ3n) is 5.27. The van der Waals surface area contributed by atoms with Crippen molar-refractivity contribution in [2.75, 3.05) is 13.2 Å². The molecule has 5 nitrogen and oxygen atoms in total. The van der Waals surface area contributed by atoms with E-state index < -0.39 is 0 Å². The number of rotatable bonds is 5. The minimum atomic E-state index is -0.116. The molecule has 3 rings (SSSR count). The molecule has 1 aromatic heterocycles. The first kappa shape index (κ1) is 18.0. The van der Waals surface area contributed by atoms with E-state index in [0.29, 0.717) is 24.7 Å². The number of ether oxygens (including phenoxy) is 1. The SMILES string of the molecule is O=C(NC1CCOCC1)c1cc(Br)n(CC2CCCCC2)c1CO. The van der Waals surface area contributed by atoms with Gasteiger partial charge < -0.3 is 19.7 Å². The second-order valence-corrected chi connectivity index (χ2v) is 7.77. The van der Waals surface area contributed by atoms with Gasteiger partial charge in [0.1, 0.15) is 0 Å². The summed E-state index contributed by atoms with van der Waals surface area (Å²) < 4.78 is 8.30. The molecule has 0 atom stereocenters. The van der Waals surface area contributed by atoms with Crippen molar-refractivity contribution in [3.8, 4) is 0 Å². The maximum absolute atomic E-state index is 12.7. The second kappa shape index (κ2) is 8.50. The predicted octanol–water partition coefficient (Wildman–Crippen LogP) is 3.23. The maximum atomic E-state index is 12.7. The number of nitrogens with zero attached hydrogens (tertiary/aromatic N) is 1. The Morgan fingerprint density at radius 2 is 1.96 bits per heavy atom. The number of halogens is 1. The predicted molar refractivity (Wildman–Crippen MR) is 95.9 cm³/mol. The number of aromatic nitrogens is 1. The van der Waals surface area contributed by atoms with Crippen LogP contribution in [0.1, 0.15) is 61.0 Å². The molecule has 1 aliphatic carbocycles. The Kier molecular flexibility index (Phi) is 6.36. The summed E-state index contributed by atoms with van der Waals surface area (Å²) in [4.78, 5) is 12.7. The molecule has 1 saturated carbocycles. The first-order chi connectivity index (χ1) is 11.7. The second-order valence-electron chi connectivity index (χ2n) is 6.96. The molecule has 2 fully saturated rings. The van der Waals surface area contributed by atoms with E-state index in [0.717, 1.165) is 29.7 Å². The summed E-state index contributed by atoms with van der Waals surface area (Å²) in [5, 5.41) is 12.9. The Bertz CT molecular complexity index is 561. The van der Waals surface area contributed by atoms with Gasteiger partial charge >= 0.3 is 0 Å². The van der Waals surface area contributed by atoms with E-state index in [2.05, 4.69) is 25.8 Å². The molecule has 0 radical (unpaired) electrons. The topological polar surface area (TPSA) is 63.5 Å². The van der Waals surface area contributed by atoms with E-state index >= 15 is 0 Å². The summed E-state index contributed by atoms with van der Waals surface area (Å²) >= 11 is 3.58.